The van der Waals surface area contributed by atoms with E-state index in [9.17, 15) is 13.2 Å². The van der Waals surface area contributed by atoms with Gasteiger partial charge in [-0.15, -0.1) is 17.8 Å². The largest absolute Gasteiger partial charge is 0.325 e. The molecule has 1 aliphatic rings. The van der Waals surface area contributed by atoms with E-state index in [0.717, 1.165) is 5.56 Å². The Bertz CT molecular complexity index is 1300. The van der Waals surface area contributed by atoms with Crippen molar-refractivity contribution in [1.29, 1.82) is 0 Å². The van der Waals surface area contributed by atoms with Gasteiger partial charge >= 0.3 is 0 Å². The molecule has 8 nitrogen and oxygen atoms in total. The molecule has 2 aromatic heterocycles. The third-order valence-electron chi connectivity index (χ3n) is 5.13. The first kappa shape index (κ1) is 21.9. The quantitative estimate of drug-likeness (QED) is 0.515. The maximum atomic E-state index is 13.0. The first-order valence-electron chi connectivity index (χ1n) is 9.87. The fourth-order valence-electron chi connectivity index (χ4n) is 2.89. The number of thiazole rings is 1. The van der Waals surface area contributed by atoms with Crippen LogP contribution in [0.15, 0.2) is 42.0 Å². The molecule has 164 valence electrons. The Morgan fingerprint density at radius 2 is 1.91 bits per heavy atom. The van der Waals surface area contributed by atoms with Gasteiger partial charge in [0.05, 0.1) is 34.4 Å². The van der Waals surface area contributed by atoms with E-state index in [1.807, 2.05) is 12.1 Å². The second-order valence-corrected chi connectivity index (χ2v) is 10.8. The Morgan fingerprint density at radius 1 is 1.19 bits per heavy atom. The lowest BCUT2D eigenvalue weighted by Crippen LogP contribution is -2.35. The number of terminal acetylenes is 1. The SMILES string of the molecule is C#Cc1cncc(-c2ccc(NC(=O)C(C)(C)c3csc(NS(=O)(=O)C4CC4)n3)cc2)n1. The minimum Gasteiger partial charge on any atom is -0.325 e. The van der Waals surface area contributed by atoms with Crippen molar-refractivity contribution in [2.45, 2.75) is 37.4 Å². The fraction of sp³-hybridized carbons (Fsp3) is 0.273. The van der Waals surface area contributed by atoms with E-state index < -0.39 is 15.4 Å². The summed E-state index contributed by atoms with van der Waals surface area (Å²) in [4.78, 5) is 25.7. The van der Waals surface area contributed by atoms with Crippen molar-refractivity contribution in [3.8, 4) is 23.6 Å². The van der Waals surface area contributed by atoms with E-state index in [0.29, 0.717) is 35.6 Å². The van der Waals surface area contributed by atoms with E-state index in [1.54, 1.807) is 37.6 Å². The molecule has 0 radical (unpaired) electrons. The predicted molar refractivity (Wildman–Crippen MR) is 125 cm³/mol. The number of aromatic nitrogens is 3. The summed E-state index contributed by atoms with van der Waals surface area (Å²) in [6, 6.07) is 7.18. The van der Waals surface area contributed by atoms with Crippen molar-refractivity contribution in [2.24, 2.45) is 0 Å². The first-order chi connectivity index (χ1) is 15.2. The van der Waals surface area contributed by atoms with Crippen LogP contribution in [0.4, 0.5) is 10.8 Å². The van der Waals surface area contributed by atoms with Crippen LogP contribution >= 0.6 is 11.3 Å². The monoisotopic (exact) mass is 467 g/mol. The molecule has 2 heterocycles. The number of anilines is 2. The van der Waals surface area contributed by atoms with Crippen molar-refractivity contribution in [3.05, 3.63) is 53.4 Å². The number of amides is 1. The molecule has 1 fully saturated rings. The maximum absolute atomic E-state index is 13.0. The highest BCUT2D eigenvalue weighted by Gasteiger charge is 2.37. The van der Waals surface area contributed by atoms with Crippen molar-refractivity contribution >= 4 is 38.1 Å². The van der Waals surface area contributed by atoms with Gasteiger partial charge in [0.15, 0.2) is 5.13 Å². The summed E-state index contributed by atoms with van der Waals surface area (Å²) in [6.07, 6.45) is 9.85. The van der Waals surface area contributed by atoms with Crippen LogP contribution in [0.5, 0.6) is 0 Å². The van der Waals surface area contributed by atoms with Crippen LogP contribution in [0.25, 0.3) is 11.3 Å². The zero-order valence-electron chi connectivity index (χ0n) is 17.5. The lowest BCUT2D eigenvalue weighted by atomic mass is 9.89. The lowest BCUT2D eigenvalue weighted by Gasteiger charge is -2.21. The zero-order chi connectivity index (χ0) is 22.9. The van der Waals surface area contributed by atoms with Gasteiger partial charge in [-0.2, -0.15) is 0 Å². The van der Waals surface area contributed by atoms with Crippen molar-refractivity contribution < 1.29 is 13.2 Å². The first-order valence-corrected chi connectivity index (χ1v) is 12.3. The van der Waals surface area contributed by atoms with Crippen LogP contribution in [0.3, 0.4) is 0 Å². The maximum Gasteiger partial charge on any atom is 0.237 e. The standard InChI is InChI=1S/C22H21N5O3S2/c1-4-15-11-23-12-18(24-15)14-5-7-16(8-6-14)25-20(28)22(2,3)19-13-31-21(26-19)27-32(29,30)17-9-10-17/h1,5-8,11-13,17H,9-10H2,2-3H3,(H,25,28)(H,26,27). The Hall–Kier alpha value is -3.29. The van der Waals surface area contributed by atoms with Gasteiger partial charge in [0.1, 0.15) is 5.69 Å². The van der Waals surface area contributed by atoms with Crippen LogP contribution in [0.1, 0.15) is 38.1 Å². The van der Waals surface area contributed by atoms with E-state index >= 15 is 0 Å². The van der Waals surface area contributed by atoms with Gasteiger partial charge in [-0.3, -0.25) is 14.5 Å². The number of rotatable bonds is 7. The van der Waals surface area contributed by atoms with Crippen molar-refractivity contribution in [1.82, 2.24) is 15.0 Å². The third-order valence-corrected chi connectivity index (χ3v) is 7.84. The highest BCUT2D eigenvalue weighted by molar-refractivity contribution is 7.93. The number of nitrogens with one attached hydrogen (secondary N) is 2. The topological polar surface area (TPSA) is 114 Å². The van der Waals surface area contributed by atoms with Gasteiger partial charge < -0.3 is 5.32 Å². The molecule has 4 rings (SSSR count). The number of carbonyl (C=O) groups is 1. The number of benzene rings is 1. The summed E-state index contributed by atoms with van der Waals surface area (Å²) in [7, 11) is -3.40. The van der Waals surface area contributed by atoms with Crippen LogP contribution in [-0.2, 0) is 20.2 Å². The van der Waals surface area contributed by atoms with Crippen LogP contribution < -0.4 is 10.0 Å². The molecule has 1 aliphatic carbocycles. The molecule has 1 aromatic carbocycles. The van der Waals surface area contributed by atoms with E-state index in [1.165, 1.54) is 17.5 Å². The van der Waals surface area contributed by atoms with E-state index in [2.05, 4.69) is 30.9 Å². The Morgan fingerprint density at radius 3 is 2.56 bits per heavy atom. The summed E-state index contributed by atoms with van der Waals surface area (Å²) < 4.78 is 26.8. The zero-order valence-corrected chi connectivity index (χ0v) is 19.1. The molecule has 2 N–H and O–H groups in total. The van der Waals surface area contributed by atoms with Gasteiger partial charge in [0, 0.05) is 16.6 Å². The molecule has 0 spiro atoms. The minimum absolute atomic E-state index is 0.263. The average molecular weight is 468 g/mol. The third kappa shape index (κ3) is 4.64. The van der Waals surface area contributed by atoms with Gasteiger partial charge in [-0.25, -0.2) is 18.4 Å². The van der Waals surface area contributed by atoms with E-state index in [-0.39, 0.29) is 16.3 Å². The van der Waals surface area contributed by atoms with Crippen LogP contribution in [0, 0.1) is 12.3 Å². The Kier molecular flexibility index (Phi) is 5.71. The molecule has 0 saturated heterocycles. The van der Waals surface area contributed by atoms with Crippen LogP contribution in [0.2, 0.25) is 0 Å². The molecule has 1 saturated carbocycles. The highest BCUT2D eigenvalue weighted by Crippen LogP contribution is 2.33. The molecular weight excluding hydrogens is 446 g/mol. The fourth-order valence-corrected chi connectivity index (χ4v) is 5.37. The summed E-state index contributed by atoms with van der Waals surface area (Å²) in [6.45, 7) is 3.48. The number of hydrogen-bond donors (Lipinski definition) is 2. The number of nitrogens with zero attached hydrogens (tertiary/aromatic N) is 3. The number of hydrogen-bond acceptors (Lipinski definition) is 7. The summed E-state index contributed by atoms with van der Waals surface area (Å²) in [5, 5.41) is 4.52. The predicted octanol–water partition coefficient (Wildman–Crippen LogP) is 3.40. The molecule has 0 bridgehead atoms. The summed E-state index contributed by atoms with van der Waals surface area (Å²) in [5.41, 5.74) is 2.04. The lowest BCUT2D eigenvalue weighted by molar-refractivity contribution is -0.120. The number of sulfonamides is 1. The normalized spacial score (nSPS) is 13.9. The molecule has 1 amide bonds. The molecule has 0 unspecified atom stereocenters. The minimum atomic E-state index is -3.40. The molecule has 10 heteroatoms. The Labute approximate surface area is 190 Å². The molecular formula is C22H21N5O3S2. The molecule has 0 aliphatic heterocycles. The molecule has 0 atom stereocenters. The van der Waals surface area contributed by atoms with Crippen molar-refractivity contribution in [2.75, 3.05) is 10.0 Å². The van der Waals surface area contributed by atoms with Gasteiger partial charge in [-0.1, -0.05) is 12.1 Å². The smallest absolute Gasteiger partial charge is 0.237 e. The molecule has 3 aromatic rings. The highest BCUT2D eigenvalue weighted by atomic mass is 32.2. The Balaban J connectivity index is 1.45. The summed E-state index contributed by atoms with van der Waals surface area (Å²) in [5.74, 6) is 2.19. The second kappa shape index (κ2) is 8.33. The average Bonchev–Trinajstić information content (AvgIpc) is 3.54. The van der Waals surface area contributed by atoms with Gasteiger partial charge in [-0.05, 0) is 44.7 Å². The summed E-state index contributed by atoms with van der Waals surface area (Å²) >= 11 is 1.17. The van der Waals surface area contributed by atoms with Gasteiger partial charge in [0.25, 0.3) is 0 Å². The van der Waals surface area contributed by atoms with Crippen LogP contribution in [-0.4, -0.2) is 34.5 Å². The second-order valence-electron chi connectivity index (χ2n) is 7.97. The number of carbonyl (C=O) groups excluding carboxylic acids is 1. The molecule has 32 heavy (non-hydrogen) atoms. The van der Waals surface area contributed by atoms with Gasteiger partial charge in [0.2, 0.25) is 15.9 Å². The van der Waals surface area contributed by atoms with E-state index in [4.69, 9.17) is 6.42 Å². The van der Waals surface area contributed by atoms with Crippen molar-refractivity contribution in [3.63, 3.8) is 0 Å².